The van der Waals surface area contributed by atoms with E-state index in [4.69, 9.17) is 5.73 Å². The standard InChI is InChI=1S/C22H19F4N5O/c1-13-2-8-16(9-3-13)28-20-18(14-4-6-15(23)7-5-14)29-17-12-30(10-11-31(17)20)21(32)19(27)22(24,25)26/h2-11,19,28H,12,27H2,1H3. The van der Waals surface area contributed by atoms with Gasteiger partial charge in [0.2, 0.25) is 0 Å². The first kappa shape index (κ1) is 21.6. The number of nitrogens with zero attached hydrogens (tertiary/aromatic N) is 3. The average molecular weight is 445 g/mol. The van der Waals surface area contributed by atoms with Crippen LogP contribution in [0.15, 0.2) is 54.7 Å². The number of aryl methyl sites for hydroxylation is 1. The molecule has 3 aromatic rings. The van der Waals surface area contributed by atoms with Gasteiger partial charge in [-0.05, 0) is 43.3 Å². The molecule has 0 fully saturated rings. The van der Waals surface area contributed by atoms with Gasteiger partial charge in [-0.1, -0.05) is 17.7 Å². The number of nitrogens with one attached hydrogen (secondary N) is 1. The van der Waals surface area contributed by atoms with E-state index in [9.17, 15) is 22.4 Å². The Kier molecular flexibility index (Phi) is 5.47. The van der Waals surface area contributed by atoms with E-state index < -0.39 is 23.9 Å². The van der Waals surface area contributed by atoms with Crippen LogP contribution >= 0.6 is 0 Å². The Labute approximate surface area is 181 Å². The molecule has 0 saturated carbocycles. The summed E-state index contributed by atoms with van der Waals surface area (Å²) in [5.74, 6) is -0.842. The van der Waals surface area contributed by atoms with Gasteiger partial charge in [0.05, 0.1) is 6.54 Å². The summed E-state index contributed by atoms with van der Waals surface area (Å²) in [5.41, 5.74) is 7.96. The van der Waals surface area contributed by atoms with Crippen molar-refractivity contribution in [2.45, 2.75) is 25.7 Å². The molecule has 0 spiro atoms. The van der Waals surface area contributed by atoms with E-state index in [1.165, 1.54) is 24.5 Å². The van der Waals surface area contributed by atoms with E-state index in [2.05, 4.69) is 10.3 Å². The lowest BCUT2D eigenvalue weighted by Crippen LogP contribution is -2.50. The topological polar surface area (TPSA) is 76.2 Å². The Morgan fingerprint density at radius 1 is 1.09 bits per heavy atom. The van der Waals surface area contributed by atoms with Crippen molar-refractivity contribution >= 4 is 23.6 Å². The van der Waals surface area contributed by atoms with Crippen LogP contribution in [0.3, 0.4) is 0 Å². The van der Waals surface area contributed by atoms with Crippen LogP contribution in [0, 0.1) is 12.7 Å². The van der Waals surface area contributed by atoms with Crippen molar-refractivity contribution < 1.29 is 22.4 Å². The lowest BCUT2D eigenvalue weighted by molar-refractivity contribution is -0.168. The van der Waals surface area contributed by atoms with Gasteiger partial charge >= 0.3 is 6.18 Å². The maximum absolute atomic E-state index is 13.4. The molecule has 1 aliphatic rings. The molecule has 1 amide bonds. The first-order valence-electron chi connectivity index (χ1n) is 9.65. The number of carbonyl (C=O) groups excluding carboxylic acids is 1. The molecule has 0 saturated heterocycles. The monoisotopic (exact) mass is 445 g/mol. The molecule has 0 aliphatic carbocycles. The minimum absolute atomic E-state index is 0.205. The van der Waals surface area contributed by atoms with Crippen LogP contribution in [0.2, 0.25) is 0 Å². The number of alkyl halides is 3. The third-order valence-electron chi connectivity index (χ3n) is 5.03. The van der Waals surface area contributed by atoms with Crippen LogP contribution in [-0.4, -0.2) is 32.6 Å². The predicted molar refractivity (Wildman–Crippen MR) is 112 cm³/mol. The Bertz CT molecular complexity index is 1170. The van der Waals surface area contributed by atoms with Gasteiger partial charge in [-0.3, -0.25) is 9.36 Å². The summed E-state index contributed by atoms with van der Waals surface area (Å²) in [6, 6.07) is 10.6. The third-order valence-corrected chi connectivity index (χ3v) is 5.03. The Hall–Kier alpha value is -3.66. The van der Waals surface area contributed by atoms with Gasteiger partial charge in [-0.2, -0.15) is 13.2 Å². The second-order valence-corrected chi connectivity index (χ2v) is 7.38. The quantitative estimate of drug-likeness (QED) is 0.584. The van der Waals surface area contributed by atoms with Crippen molar-refractivity contribution in [1.29, 1.82) is 0 Å². The van der Waals surface area contributed by atoms with E-state index in [-0.39, 0.29) is 6.54 Å². The summed E-state index contributed by atoms with van der Waals surface area (Å²) in [6.45, 7) is 1.75. The summed E-state index contributed by atoms with van der Waals surface area (Å²) >= 11 is 0. The molecule has 0 radical (unpaired) electrons. The number of hydrogen-bond donors (Lipinski definition) is 2. The fourth-order valence-electron chi connectivity index (χ4n) is 3.28. The van der Waals surface area contributed by atoms with Crippen LogP contribution in [0.4, 0.5) is 29.1 Å². The SMILES string of the molecule is Cc1ccc(Nc2c(-c3ccc(F)cc3)nc3n2C=CN(C(=O)C(N)C(F)(F)F)C3)cc1. The van der Waals surface area contributed by atoms with Crippen molar-refractivity contribution in [3.8, 4) is 11.3 Å². The maximum atomic E-state index is 13.4. The average Bonchev–Trinajstić information content (AvgIpc) is 3.11. The number of nitrogens with two attached hydrogens (primary N) is 1. The Morgan fingerprint density at radius 3 is 2.38 bits per heavy atom. The number of aromatic nitrogens is 2. The number of imidazole rings is 1. The van der Waals surface area contributed by atoms with Crippen molar-refractivity contribution in [2.75, 3.05) is 5.32 Å². The summed E-state index contributed by atoms with van der Waals surface area (Å²) in [4.78, 5) is 17.6. The molecule has 1 unspecified atom stereocenters. The molecule has 4 rings (SSSR count). The lowest BCUT2D eigenvalue weighted by atomic mass is 10.1. The minimum Gasteiger partial charge on any atom is -0.339 e. The number of hydrogen-bond acceptors (Lipinski definition) is 4. The van der Waals surface area contributed by atoms with E-state index in [0.717, 1.165) is 16.2 Å². The number of halogens is 4. The van der Waals surface area contributed by atoms with Crippen LogP contribution in [0.25, 0.3) is 17.5 Å². The smallest absolute Gasteiger partial charge is 0.339 e. The van der Waals surface area contributed by atoms with Gasteiger partial charge in [0.1, 0.15) is 23.2 Å². The van der Waals surface area contributed by atoms with Gasteiger partial charge in [-0.15, -0.1) is 0 Å². The molecule has 1 aromatic heterocycles. The molecule has 3 N–H and O–H groups in total. The normalized spacial score (nSPS) is 14.2. The fourth-order valence-corrected chi connectivity index (χ4v) is 3.28. The van der Waals surface area contributed by atoms with Crippen LogP contribution in [0.5, 0.6) is 0 Å². The van der Waals surface area contributed by atoms with E-state index >= 15 is 0 Å². The molecule has 32 heavy (non-hydrogen) atoms. The third kappa shape index (κ3) is 4.22. The summed E-state index contributed by atoms with van der Waals surface area (Å²) in [7, 11) is 0. The number of carbonyl (C=O) groups is 1. The first-order chi connectivity index (χ1) is 15.1. The molecule has 166 valence electrons. The molecular weight excluding hydrogens is 426 g/mol. The number of amides is 1. The Morgan fingerprint density at radius 2 is 1.75 bits per heavy atom. The van der Waals surface area contributed by atoms with Gasteiger partial charge in [0.15, 0.2) is 6.04 Å². The minimum atomic E-state index is -4.85. The Balaban J connectivity index is 1.72. The van der Waals surface area contributed by atoms with Crippen LogP contribution in [-0.2, 0) is 11.3 Å². The molecule has 2 aromatic carbocycles. The molecule has 1 aliphatic heterocycles. The largest absolute Gasteiger partial charge is 0.412 e. The summed E-state index contributed by atoms with van der Waals surface area (Å²) in [5, 5.41) is 3.26. The van der Waals surface area contributed by atoms with Gasteiger partial charge in [0.25, 0.3) is 5.91 Å². The lowest BCUT2D eigenvalue weighted by Gasteiger charge is -2.26. The van der Waals surface area contributed by atoms with Crippen molar-refractivity contribution in [3.05, 3.63) is 71.9 Å². The van der Waals surface area contributed by atoms with Crippen LogP contribution in [0.1, 0.15) is 11.4 Å². The van der Waals surface area contributed by atoms with Gasteiger partial charge in [-0.25, -0.2) is 9.37 Å². The zero-order valence-corrected chi connectivity index (χ0v) is 16.9. The highest BCUT2D eigenvalue weighted by molar-refractivity contribution is 5.85. The fraction of sp³-hybridized carbons (Fsp3) is 0.182. The first-order valence-corrected chi connectivity index (χ1v) is 9.65. The maximum Gasteiger partial charge on any atom is 0.412 e. The molecule has 10 heteroatoms. The van der Waals surface area contributed by atoms with E-state index in [1.807, 2.05) is 31.2 Å². The van der Waals surface area contributed by atoms with Crippen molar-refractivity contribution in [2.24, 2.45) is 5.73 Å². The zero-order chi connectivity index (χ0) is 23.0. The second kappa shape index (κ2) is 8.12. The van der Waals surface area contributed by atoms with Gasteiger partial charge in [0, 0.05) is 23.7 Å². The predicted octanol–water partition coefficient (Wildman–Crippen LogP) is 4.40. The number of fused-ring (bicyclic) bond motifs is 1. The molecule has 0 bridgehead atoms. The highest BCUT2D eigenvalue weighted by Crippen LogP contribution is 2.34. The van der Waals surface area contributed by atoms with Crippen molar-refractivity contribution in [3.63, 3.8) is 0 Å². The summed E-state index contributed by atoms with van der Waals surface area (Å²) in [6.07, 6.45) is -2.18. The molecule has 1 atom stereocenters. The van der Waals surface area contributed by atoms with Crippen molar-refractivity contribution in [1.82, 2.24) is 14.5 Å². The molecule has 6 nitrogen and oxygen atoms in total. The second-order valence-electron chi connectivity index (χ2n) is 7.38. The van der Waals surface area contributed by atoms with E-state index in [0.29, 0.717) is 22.9 Å². The molecular formula is C22H19F4N5O. The zero-order valence-electron chi connectivity index (χ0n) is 16.9. The number of rotatable bonds is 4. The van der Waals surface area contributed by atoms with Gasteiger partial charge < -0.3 is 16.0 Å². The molecule has 2 heterocycles. The number of anilines is 2. The number of benzene rings is 2. The summed E-state index contributed by atoms with van der Waals surface area (Å²) < 4.78 is 53.7. The highest BCUT2D eigenvalue weighted by Gasteiger charge is 2.44. The van der Waals surface area contributed by atoms with Crippen LogP contribution < -0.4 is 11.1 Å². The van der Waals surface area contributed by atoms with E-state index in [1.54, 1.807) is 16.7 Å². The highest BCUT2D eigenvalue weighted by atomic mass is 19.4.